The fraction of sp³-hybridized carbons (Fsp3) is 0.600. The molecule has 0 N–H and O–H groups in total. The minimum absolute atomic E-state index is 0.00594. The van der Waals surface area contributed by atoms with Crippen LogP contribution in [0.15, 0.2) is 30.3 Å². The topological polar surface area (TPSA) is 93.2 Å². The van der Waals surface area contributed by atoms with Gasteiger partial charge in [0.05, 0.1) is 29.2 Å². The van der Waals surface area contributed by atoms with Gasteiger partial charge < -0.3 is 19.1 Å². The Hall–Kier alpha value is -4.54. The Morgan fingerprint density at radius 3 is 2.49 bits per heavy atom. The standard InChI is InChI=1S/C50H62F2N6O4Si/c1-27(2)63(28(3)4,29(5)6)22-19-34-37(51)17-15-31-13-11-14-35(39(31)34)42-41(52)43-40-45(55-47(54-43)60-26-50-20-12-21-56(50)24-32-23-36(32)50)57-25-33-16-18-38(44(57)30(7)61-46(40)53-42)58(33)48(59)62-49(8,9)10/h11,13-15,17,27-30,32-33,36,38,44H,12,16,18,20-21,23-26H2,1-10H3/t30-,32-,33+,36-,38-,44+,50?/m0/s1. The largest absolute Gasteiger partial charge is 0.472 e. The van der Waals surface area contributed by atoms with E-state index in [2.05, 4.69) is 62.8 Å². The Labute approximate surface area is 371 Å². The number of nitrogens with zero attached hydrogens (tertiary/aromatic N) is 6. The molecule has 6 aliphatic rings. The average molecular weight is 877 g/mol. The summed E-state index contributed by atoms with van der Waals surface area (Å²) < 4.78 is 53.9. The summed E-state index contributed by atoms with van der Waals surface area (Å²) in [4.78, 5) is 35.6. The number of piperazine rings is 1. The number of amides is 1. The molecule has 10 rings (SSSR count). The van der Waals surface area contributed by atoms with Gasteiger partial charge in [-0.25, -0.2) is 18.6 Å². The van der Waals surface area contributed by atoms with Crippen molar-refractivity contribution in [3.05, 3.63) is 47.5 Å². The zero-order chi connectivity index (χ0) is 44.5. The molecule has 1 amide bonds. The van der Waals surface area contributed by atoms with Crippen molar-refractivity contribution in [2.75, 3.05) is 31.1 Å². The fourth-order valence-electron chi connectivity index (χ4n) is 13.0. The Bertz CT molecular complexity index is 2570. The van der Waals surface area contributed by atoms with Gasteiger partial charge in [0.25, 0.3) is 0 Å². The molecule has 13 heteroatoms. The molecule has 1 unspecified atom stereocenters. The molecule has 10 nitrogen and oxygen atoms in total. The van der Waals surface area contributed by atoms with Crippen LogP contribution in [0, 0.1) is 34.9 Å². The van der Waals surface area contributed by atoms with E-state index in [-0.39, 0.29) is 58.4 Å². The van der Waals surface area contributed by atoms with Crippen molar-refractivity contribution >= 4 is 41.7 Å². The van der Waals surface area contributed by atoms with E-state index in [1.807, 2.05) is 44.7 Å². The third kappa shape index (κ3) is 6.61. The number of benzene rings is 2. The van der Waals surface area contributed by atoms with E-state index in [0.29, 0.717) is 63.8 Å². The number of carbonyl (C=O) groups is 1. The summed E-state index contributed by atoms with van der Waals surface area (Å²) in [7, 11) is -2.28. The first-order chi connectivity index (χ1) is 29.9. The van der Waals surface area contributed by atoms with Gasteiger partial charge in [0, 0.05) is 24.0 Å². The number of halogens is 2. The van der Waals surface area contributed by atoms with Gasteiger partial charge >= 0.3 is 12.1 Å². The molecule has 2 aromatic carbocycles. The van der Waals surface area contributed by atoms with E-state index in [9.17, 15) is 4.79 Å². The van der Waals surface area contributed by atoms with Crippen LogP contribution in [0.5, 0.6) is 11.9 Å². The maximum atomic E-state index is 18.0. The predicted molar refractivity (Wildman–Crippen MR) is 245 cm³/mol. The number of anilines is 1. The lowest BCUT2D eigenvalue weighted by Crippen LogP contribution is -2.65. The Morgan fingerprint density at radius 1 is 1.00 bits per heavy atom. The summed E-state index contributed by atoms with van der Waals surface area (Å²) in [6.45, 7) is 24.0. The normalized spacial score (nSPS) is 27.3. The van der Waals surface area contributed by atoms with Crippen LogP contribution in [0.25, 0.3) is 32.9 Å². The highest BCUT2D eigenvalue weighted by atomic mass is 28.3. The van der Waals surface area contributed by atoms with Crippen molar-refractivity contribution in [1.29, 1.82) is 0 Å². The first-order valence-corrected chi connectivity index (χ1v) is 25.6. The molecule has 5 fully saturated rings. The summed E-state index contributed by atoms with van der Waals surface area (Å²) in [5, 5.41) is 1.58. The number of carbonyl (C=O) groups excluding carboxylic acids is 1. The SMILES string of the molecule is CC(C)[Si](C#Cc1c(F)ccc2cccc(-c3nc4c5c(nc(OCC67CCCN6C[C@@H]6C[C@@H]67)nc5c3F)N3C[C@H]5CC[C@@H]([C@H]3[C@H](C)O4)N5C(=O)OC(C)(C)C)c12)(C(C)C)C(C)C. The van der Waals surface area contributed by atoms with Crippen LogP contribution in [-0.2, 0) is 4.74 Å². The molecular formula is C50H62F2N6O4Si. The number of rotatable bonds is 7. The minimum Gasteiger partial charge on any atom is -0.472 e. The highest BCUT2D eigenvalue weighted by molar-refractivity contribution is 6.90. The lowest BCUT2D eigenvalue weighted by atomic mass is 9.92. The van der Waals surface area contributed by atoms with Crippen molar-refractivity contribution in [3.8, 4) is 34.6 Å². The van der Waals surface area contributed by atoms with Crippen LogP contribution in [-0.4, -0.2) is 101 Å². The maximum Gasteiger partial charge on any atom is 0.410 e. The summed E-state index contributed by atoms with van der Waals surface area (Å²) in [5.74, 6) is 4.24. The highest BCUT2D eigenvalue weighted by Crippen LogP contribution is 2.59. The minimum atomic E-state index is -2.28. The van der Waals surface area contributed by atoms with Crippen molar-refractivity contribution in [2.45, 2.75) is 153 Å². The second-order valence-corrected chi connectivity index (χ2v) is 26.9. The smallest absolute Gasteiger partial charge is 0.410 e. The van der Waals surface area contributed by atoms with Crippen LogP contribution in [0.3, 0.4) is 0 Å². The van der Waals surface area contributed by atoms with E-state index in [0.717, 1.165) is 44.2 Å². The van der Waals surface area contributed by atoms with Gasteiger partial charge in [-0.15, -0.1) is 5.54 Å². The lowest BCUT2D eigenvalue weighted by Gasteiger charge is -2.48. The van der Waals surface area contributed by atoms with E-state index >= 15 is 8.78 Å². The third-order valence-corrected chi connectivity index (χ3v) is 22.1. The van der Waals surface area contributed by atoms with Gasteiger partial charge in [0.1, 0.15) is 54.6 Å². The molecule has 1 aliphatic carbocycles. The van der Waals surface area contributed by atoms with Crippen molar-refractivity contribution in [3.63, 3.8) is 0 Å². The summed E-state index contributed by atoms with van der Waals surface area (Å²) in [6, 6.07) is 8.07. The van der Waals surface area contributed by atoms with Crippen LogP contribution in [0.4, 0.5) is 19.4 Å². The predicted octanol–water partition coefficient (Wildman–Crippen LogP) is 10.3. The number of aromatic nitrogens is 3. The number of pyridine rings is 1. The highest BCUT2D eigenvalue weighted by Gasteiger charge is 2.64. The van der Waals surface area contributed by atoms with Crippen LogP contribution < -0.4 is 14.4 Å². The van der Waals surface area contributed by atoms with Gasteiger partial charge in [0.15, 0.2) is 5.82 Å². The van der Waals surface area contributed by atoms with E-state index in [1.165, 1.54) is 12.5 Å². The van der Waals surface area contributed by atoms with Crippen LogP contribution in [0.2, 0.25) is 16.6 Å². The van der Waals surface area contributed by atoms with Crippen LogP contribution >= 0.6 is 0 Å². The van der Waals surface area contributed by atoms with Crippen molar-refractivity contribution < 1.29 is 27.8 Å². The summed E-state index contributed by atoms with van der Waals surface area (Å²) in [5.41, 5.74) is 4.68. The molecule has 1 saturated carbocycles. The van der Waals surface area contributed by atoms with Gasteiger partial charge in [0.2, 0.25) is 5.88 Å². The Kier molecular flexibility index (Phi) is 10.1. The number of hydrogen-bond donors (Lipinski definition) is 0. The average Bonchev–Trinajstić information content (AvgIpc) is 3.66. The number of ether oxygens (including phenoxy) is 3. The molecule has 7 atom stereocenters. The molecule has 7 heterocycles. The molecule has 0 radical (unpaired) electrons. The second-order valence-electron chi connectivity index (χ2n) is 21.3. The number of fused-ring (bicyclic) bond motifs is 9. The van der Waals surface area contributed by atoms with E-state index < -0.39 is 31.4 Å². The monoisotopic (exact) mass is 876 g/mol. The molecule has 0 spiro atoms. The Morgan fingerprint density at radius 2 is 1.76 bits per heavy atom. The van der Waals surface area contributed by atoms with Gasteiger partial charge in [-0.05, 0) is 106 Å². The van der Waals surface area contributed by atoms with Crippen LogP contribution in [0.1, 0.15) is 107 Å². The maximum absolute atomic E-state index is 18.0. The first-order valence-electron chi connectivity index (χ1n) is 23.4. The van der Waals surface area contributed by atoms with Gasteiger partial charge in [-0.1, -0.05) is 71.7 Å². The number of piperidine rings is 1. The van der Waals surface area contributed by atoms with Crippen molar-refractivity contribution in [2.24, 2.45) is 11.8 Å². The van der Waals surface area contributed by atoms with Crippen molar-refractivity contribution in [1.82, 2.24) is 24.8 Å². The zero-order valence-electron chi connectivity index (χ0n) is 38.5. The van der Waals surface area contributed by atoms with E-state index in [4.69, 9.17) is 29.2 Å². The molecular weight excluding hydrogens is 815 g/mol. The summed E-state index contributed by atoms with van der Waals surface area (Å²) >= 11 is 0. The lowest BCUT2D eigenvalue weighted by molar-refractivity contribution is 0.000931. The van der Waals surface area contributed by atoms with Gasteiger partial charge in [-0.3, -0.25) is 9.80 Å². The molecule has 2 aromatic heterocycles. The summed E-state index contributed by atoms with van der Waals surface area (Å²) in [6.07, 6.45) is 4.08. The molecule has 4 saturated heterocycles. The fourth-order valence-corrected chi connectivity index (χ4v) is 18.2. The van der Waals surface area contributed by atoms with Gasteiger partial charge in [-0.2, -0.15) is 9.97 Å². The second kappa shape index (κ2) is 15.0. The molecule has 334 valence electrons. The molecule has 4 aromatic rings. The zero-order valence-corrected chi connectivity index (χ0v) is 39.5. The Balaban J connectivity index is 1.15. The first kappa shape index (κ1) is 42.4. The molecule has 2 bridgehead atoms. The quantitative estimate of drug-likeness (QED) is 0.133. The molecule has 63 heavy (non-hydrogen) atoms. The third-order valence-electron chi connectivity index (χ3n) is 15.8. The molecule has 5 aliphatic heterocycles. The number of hydrogen-bond acceptors (Lipinski definition) is 9. The van der Waals surface area contributed by atoms with E-state index in [1.54, 1.807) is 12.1 Å².